The molecule has 2 N–H and O–H groups in total. The zero-order chi connectivity index (χ0) is 24.6. The predicted octanol–water partition coefficient (Wildman–Crippen LogP) is 2.44. The Hall–Kier alpha value is -2.98. The van der Waals surface area contributed by atoms with E-state index in [0.29, 0.717) is 24.2 Å². The van der Waals surface area contributed by atoms with Crippen molar-refractivity contribution in [2.24, 2.45) is 0 Å². The smallest absolute Gasteiger partial charge is 0.458 e. The fourth-order valence-electron chi connectivity index (χ4n) is 3.13. The molecule has 1 unspecified atom stereocenters. The highest BCUT2D eigenvalue weighted by molar-refractivity contribution is 7.52. The van der Waals surface area contributed by atoms with E-state index in [1.807, 2.05) is 0 Å². The molecule has 0 radical (unpaired) electrons. The Labute approximate surface area is 196 Å². The number of esters is 1. The fraction of sp³-hybridized carbons (Fsp3) is 0.409. The maximum atomic E-state index is 13.4. The van der Waals surface area contributed by atoms with Gasteiger partial charge in [0.25, 0.3) is 5.56 Å². The molecule has 0 spiro atoms. The van der Waals surface area contributed by atoms with Crippen LogP contribution in [0, 0.1) is 6.92 Å². The lowest BCUT2D eigenvalue weighted by molar-refractivity contribution is -0.140. The van der Waals surface area contributed by atoms with Gasteiger partial charge in [0.1, 0.15) is 11.9 Å². The fourth-order valence-corrected chi connectivity index (χ4v) is 4.51. The number of aryl methyl sites for hydroxylation is 1. The number of ether oxygens (including phenoxy) is 2. The van der Waals surface area contributed by atoms with Gasteiger partial charge >= 0.3 is 19.4 Å². The molecular formula is C22H28N3O8P. The van der Waals surface area contributed by atoms with Gasteiger partial charge in [-0.15, -0.1) is 0 Å². The molecule has 12 heteroatoms. The highest BCUT2D eigenvalue weighted by Gasteiger charge is 2.30. The lowest BCUT2D eigenvalue weighted by Gasteiger charge is -2.22. The normalized spacial score (nSPS) is 19.0. The van der Waals surface area contributed by atoms with E-state index in [1.165, 1.54) is 17.9 Å². The third-order valence-corrected chi connectivity index (χ3v) is 6.49. The van der Waals surface area contributed by atoms with E-state index >= 15 is 0 Å². The highest BCUT2D eigenvalue weighted by atomic mass is 31.2. The molecule has 2 aromatic rings. The number of para-hydroxylation sites is 1. The number of carbonyl (C=O) groups is 1. The van der Waals surface area contributed by atoms with Crippen LogP contribution >= 0.6 is 7.75 Å². The lowest BCUT2D eigenvalue weighted by atomic mass is 10.2. The summed E-state index contributed by atoms with van der Waals surface area (Å²) >= 11 is 0. The van der Waals surface area contributed by atoms with Crippen LogP contribution in [-0.2, 0) is 23.4 Å². The van der Waals surface area contributed by atoms with Crippen LogP contribution in [0.5, 0.6) is 5.75 Å². The van der Waals surface area contributed by atoms with Crippen LogP contribution in [0.2, 0.25) is 0 Å². The number of unbranched alkanes of at least 4 members (excludes halogenated alkanes) is 1. The lowest BCUT2D eigenvalue weighted by Crippen LogP contribution is -2.33. The first-order valence-corrected chi connectivity index (χ1v) is 12.3. The Morgan fingerprint density at radius 2 is 1.97 bits per heavy atom. The summed E-state index contributed by atoms with van der Waals surface area (Å²) in [6.07, 6.45) is 4.77. The van der Waals surface area contributed by atoms with Crippen molar-refractivity contribution in [2.75, 3.05) is 20.3 Å². The van der Waals surface area contributed by atoms with E-state index in [1.54, 1.807) is 49.4 Å². The summed E-state index contributed by atoms with van der Waals surface area (Å²) in [7, 11) is -2.45. The maximum absolute atomic E-state index is 13.4. The van der Waals surface area contributed by atoms with E-state index in [4.69, 9.17) is 13.8 Å². The quantitative estimate of drug-likeness (QED) is 0.198. The summed E-state index contributed by atoms with van der Waals surface area (Å²) in [4.78, 5) is 37.2. The summed E-state index contributed by atoms with van der Waals surface area (Å²) in [5, 5.41) is 2.81. The Morgan fingerprint density at radius 1 is 1.21 bits per heavy atom. The molecule has 0 saturated carbocycles. The van der Waals surface area contributed by atoms with Gasteiger partial charge in [-0.1, -0.05) is 24.3 Å². The van der Waals surface area contributed by atoms with Crippen molar-refractivity contribution >= 4 is 13.7 Å². The number of carbonyl (C=O) groups excluding carboxylic acids is 1. The maximum Gasteiger partial charge on any atom is 0.458 e. The number of aromatic amines is 1. The van der Waals surface area contributed by atoms with Crippen molar-refractivity contribution in [1.29, 1.82) is 0 Å². The number of nitrogens with zero attached hydrogens (tertiary/aromatic N) is 1. The molecule has 11 nitrogen and oxygen atoms in total. The zero-order valence-corrected chi connectivity index (χ0v) is 19.9. The third-order valence-electron chi connectivity index (χ3n) is 4.94. The second-order valence-electron chi connectivity index (χ2n) is 7.57. The molecule has 3 rings (SSSR count). The summed E-state index contributed by atoms with van der Waals surface area (Å²) in [6.45, 7) is 1.77. The van der Waals surface area contributed by atoms with Crippen LogP contribution in [0.15, 0.2) is 58.3 Å². The number of hydrogen-bond donors (Lipinski definition) is 2. The first kappa shape index (κ1) is 25.6. The minimum Gasteiger partial charge on any atom is -0.469 e. The van der Waals surface area contributed by atoms with Gasteiger partial charge in [0, 0.05) is 24.7 Å². The van der Waals surface area contributed by atoms with Crippen molar-refractivity contribution in [3.8, 4) is 5.75 Å². The van der Waals surface area contributed by atoms with Crippen molar-refractivity contribution in [2.45, 2.75) is 38.5 Å². The molecule has 0 amide bonds. The Balaban J connectivity index is 1.59. The van der Waals surface area contributed by atoms with Crippen molar-refractivity contribution < 1.29 is 27.9 Å². The number of methoxy groups -OCH3 is 1. The standard InChI is InChI=1S/C22H28N3O8P/c1-16-14-25(22(28)24-21(16)27)19-12-11-18(32-19)15-31-34(29,33-17-8-4-3-5-9-17)23-13-7-6-10-20(26)30-2/h3-5,8-9,11-12,14,18-19H,6-7,10,13,15H2,1-2H3,(H,23,29)(H,24,27,28)/t18-,19+,34?/m0/s1. The predicted molar refractivity (Wildman–Crippen MR) is 124 cm³/mol. The van der Waals surface area contributed by atoms with Gasteiger partial charge in [-0.3, -0.25) is 23.7 Å². The first-order chi connectivity index (χ1) is 16.3. The monoisotopic (exact) mass is 493 g/mol. The second-order valence-corrected chi connectivity index (χ2v) is 9.32. The average Bonchev–Trinajstić information content (AvgIpc) is 3.29. The molecular weight excluding hydrogens is 465 g/mol. The molecule has 184 valence electrons. The molecule has 0 saturated heterocycles. The Morgan fingerprint density at radius 3 is 2.71 bits per heavy atom. The molecule has 2 heterocycles. The van der Waals surface area contributed by atoms with Crippen LogP contribution in [-0.4, -0.2) is 41.9 Å². The highest BCUT2D eigenvalue weighted by Crippen LogP contribution is 2.44. The van der Waals surface area contributed by atoms with E-state index in [0.717, 1.165) is 0 Å². The van der Waals surface area contributed by atoms with Crippen LogP contribution in [0.25, 0.3) is 0 Å². The molecule has 3 atom stereocenters. The number of H-pyrrole nitrogens is 1. The van der Waals surface area contributed by atoms with Crippen LogP contribution in [0.4, 0.5) is 0 Å². The largest absolute Gasteiger partial charge is 0.469 e. The molecule has 1 aliphatic heterocycles. The van der Waals surface area contributed by atoms with Gasteiger partial charge < -0.3 is 14.0 Å². The topological polar surface area (TPSA) is 138 Å². The minimum atomic E-state index is -3.78. The van der Waals surface area contributed by atoms with E-state index in [2.05, 4.69) is 14.8 Å². The molecule has 0 bridgehead atoms. The Bertz CT molecular complexity index is 1160. The minimum absolute atomic E-state index is 0.108. The molecule has 1 aromatic carbocycles. The van der Waals surface area contributed by atoms with Gasteiger partial charge in [0.05, 0.1) is 13.7 Å². The average molecular weight is 493 g/mol. The molecule has 0 fully saturated rings. The molecule has 1 aliphatic rings. The van der Waals surface area contributed by atoms with Crippen molar-refractivity contribution in [1.82, 2.24) is 14.6 Å². The van der Waals surface area contributed by atoms with Gasteiger partial charge in [-0.25, -0.2) is 14.4 Å². The van der Waals surface area contributed by atoms with E-state index in [9.17, 15) is 18.9 Å². The number of hydrogen-bond acceptors (Lipinski definition) is 8. The SMILES string of the molecule is COC(=O)CCCCNP(=O)(OC[C@@H]1C=C[C@H](n2cc(C)c(=O)[nH]c2=O)O1)Oc1ccccc1. The molecule has 34 heavy (non-hydrogen) atoms. The number of aromatic nitrogens is 2. The number of nitrogens with one attached hydrogen (secondary N) is 2. The number of benzene rings is 1. The van der Waals surface area contributed by atoms with Crippen LogP contribution < -0.4 is 20.9 Å². The Kier molecular flexibility index (Phi) is 9.00. The van der Waals surface area contributed by atoms with Crippen molar-refractivity contribution in [3.05, 3.63) is 75.1 Å². The second kappa shape index (κ2) is 11.9. The van der Waals surface area contributed by atoms with Crippen LogP contribution in [0.1, 0.15) is 31.1 Å². The van der Waals surface area contributed by atoms with Gasteiger partial charge in [-0.2, -0.15) is 0 Å². The summed E-state index contributed by atoms with van der Waals surface area (Å²) in [5.41, 5.74) is -0.688. The first-order valence-electron chi connectivity index (χ1n) is 10.8. The summed E-state index contributed by atoms with van der Waals surface area (Å²) in [5.74, 6) is 0.0559. The van der Waals surface area contributed by atoms with Crippen molar-refractivity contribution in [3.63, 3.8) is 0 Å². The number of rotatable bonds is 12. The molecule has 1 aromatic heterocycles. The summed E-state index contributed by atoms with van der Waals surface area (Å²) < 4.78 is 36.3. The third kappa shape index (κ3) is 7.26. The summed E-state index contributed by atoms with van der Waals surface area (Å²) in [6, 6.07) is 8.60. The van der Waals surface area contributed by atoms with Crippen LogP contribution in [0.3, 0.4) is 0 Å². The van der Waals surface area contributed by atoms with Gasteiger partial charge in [0.2, 0.25) is 0 Å². The van der Waals surface area contributed by atoms with E-state index in [-0.39, 0.29) is 25.5 Å². The zero-order valence-electron chi connectivity index (χ0n) is 19.0. The van der Waals surface area contributed by atoms with Gasteiger partial charge in [0.15, 0.2) is 6.23 Å². The van der Waals surface area contributed by atoms with Gasteiger partial charge in [-0.05, 0) is 38.0 Å². The van der Waals surface area contributed by atoms with E-state index < -0.39 is 31.3 Å². The molecule has 0 aliphatic carbocycles.